The minimum atomic E-state index is -3.79. The first-order valence-electron chi connectivity index (χ1n) is 10.2. The molecule has 2 rings (SSSR count). The zero-order valence-corrected chi connectivity index (χ0v) is 20.0. The van der Waals surface area contributed by atoms with Crippen LogP contribution in [0.5, 0.6) is 0 Å². The van der Waals surface area contributed by atoms with Crippen molar-refractivity contribution < 1.29 is 26.5 Å². The Morgan fingerprint density at radius 2 is 1.87 bits per heavy atom. The van der Waals surface area contributed by atoms with Crippen molar-refractivity contribution in [1.29, 1.82) is 0 Å². The third-order valence-corrected chi connectivity index (χ3v) is 5.41. The second-order valence-corrected chi connectivity index (χ2v) is 10.7. The number of furan rings is 1. The van der Waals surface area contributed by atoms with Crippen LogP contribution in [0.1, 0.15) is 75.3 Å². The monoisotopic (exact) mass is 448 g/mol. The molecule has 0 radical (unpaired) electrons. The number of carbonyl (C=O) groups excluding carboxylic acids is 1. The summed E-state index contributed by atoms with van der Waals surface area (Å²) in [5, 5.41) is 0. The van der Waals surface area contributed by atoms with E-state index >= 15 is 0 Å². The van der Waals surface area contributed by atoms with Crippen LogP contribution in [0.25, 0.3) is 0 Å². The Morgan fingerprint density at radius 3 is 2.39 bits per heavy atom. The second-order valence-electron chi connectivity index (χ2n) is 9.14. The summed E-state index contributed by atoms with van der Waals surface area (Å²) in [5.41, 5.74) is 1.20. The molecule has 1 aromatic heterocycles. The van der Waals surface area contributed by atoms with Crippen molar-refractivity contribution in [1.82, 2.24) is 0 Å². The number of allylic oxidation sites excluding steroid dienone is 1. The summed E-state index contributed by atoms with van der Waals surface area (Å²) in [6, 6.07) is 1.60. The van der Waals surface area contributed by atoms with Gasteiger partial charge in [-0.2, -0.15) is 8.42 Å². The van der Waals surface area contributed by atoms with E-state index in [0.29, 0.717) is 41.9 Å². The van der Waals surface area contributed by atoms with Gasteiger partial charge in [-0.1, -0.05) is 30.2 Å². The van der Waals surface area contributed by atoms with Gasteiger partial charge < -0.3 is 9.15 Å². The van der Waals surface area contributed by atoms with Crippen LogP contribution >= 0.6 is 0 Å². The third kappa shape index (κ3) is 7.12. The molecule has 0 amide bonds. The average Bonchev–Trinajstić information content (AvgIpc) is 2.95. The van der Waals surface area contributed by atoms with Crippen LogP contribution in [0.2, 0.25) is 0 Å². The Kier molecular flexibility index (Phi) is 7.61. The van der Waals surface area contributed by atoms with E-state index < -0.39 is 33.7 Å². The number of ether oxygens (including phenoxy) is 1. The van der Waals surface area contributed by atoms with Gasteiger partial charge in [0.05, 0.1) is 12.2 Å². The lowest BCUT2D eigenvalue weighted by atomic mass is 9.89. The molecule has 1 aliphatic heterocycles. The summed E-state index contributed by atoms with van der Waals surface area (Å²) in [7, 11) is -3.79. The number of hydrogen-bond acceptors (Lipinski definition) is 6. The highest BCUT2D eigenvalue weighted by Crippen LogP contribution is 2.35. The number of hydrogen-bond donors (Lipinski definition) is 0. The van der Waals surface area contributed by atoms with E-state index in [1.165, 1.54) is 0 Å². The molecule has 0 spiro atoms. The molecule has 0 aliphatic carbocycles. The molecule has 31 heavy (non-hydrogen) atoms. The van der Waals surface area contributed by atoms with E-state index in [-0.39, 0.29) is 5.92 Å². The maximum Gasteiger partial charge on any atom is 0.342 e. The standard InChI is InChI=1S/C24H32O6S/c1-15(2)17-11-9-10-12-19(30-31(8,26)27)22(16(3)4)21-14-18(20(13-17)28-21)23(25)29-24(5,6)7/h14,17,19,22H,1,3,9,11,13H2,2,4-8H3/t17-,19-,22+/m1/s1. The van der Waals surface area contributed by atoms with Crippen molar-refractivity contribution in [2.24, 2.45) is 5.92 Å². The van der Waals surface area contributed by atoms with Crippen LogP contribution in [0, 0.1) is 17.8 Å². The number of carbonyl (C=O) groups is 1. The quantitative estimate of drug-likeness (QED) is 0.279. The van der Waals surface area contributed by atoms with Gasteiger partial charge in [-0.05, 0) is 53.0 Å². The lowest BCUT2D eigenvalue weighted by molar-refractivity contribution is 0.00669. The van der Waals surface area contributed by atoms with Gasteiger partial charge in [-0.3, -0.25) is 4.18 Å². The van der Waals surface area contributed by atoms with E-state index in [9.17, 15) is 13.2 Å². The summed E-state index contributed by atoms with van der Waals surface area (Å²) >= 11 is 0. The molecule has 2 heterocycles. The van der Waals surface area contributed by atoms with Crippen LogP contribution < -0.4 is 0 Å². The molecule has 0 aromatic carbocycles. The fourth-order valence-corrected chi connectivity index (χ4v) is 3.96. The van der Waals surface area contributed by atoms with E-state index in [2.05, 4.69) is 25.0 Å². The summed E-state index contributed by atoms with van der Waals surface area (Å²) in [6.07, 6.45) is 1.64. The highest BCUT2D eigenvalue weighted by atomic mass is 32.2. The largest absolute Gasteiger partial charge is 0.464 e. The predicted molar refractivity (Wildman–Crippen MR) is 120 cm³/mol. The van der Waals surface area contributed by atoms with Crippen LogP contribution in [-0.4, -0.2) is 32.3 Å². The first-order valence-corrected chi connectivity index (χ1v) is 12.0. The van der Waals surface area contributed by atoms with Crippen molar-refractivity contribution in [3.63, 3.8) is 0 Å². The Bertz CT molecular complexity index is 1030. The van der Waals surface area contributed by atoms with E-state index in [0.717, 1.165) is 11.8 Å². The maximum absolute atomic E-state index is 12.9. The second kappa shape index (κ2) is 9.46. The van der Waals surface area contributed by atoms with Crippen LogP contribution in [0.3, 0.4) is 0 Å². The molecule has 0 saturated carbocycles. The van der Waals surface area contributed by atoms with Crippen LogP contribution in [0.4, 0.5) is 0 Å². The first kappa shape index (κ1) is 25.0. The van der Waals surface area contributed by atoms with Gasteiger partial charge >= 0.3 is 5.97 Å². The van der Waals surface area contributed by atoms with Crippen molar-refractivity contribution in [2.75, 3.05) is 6.26 Å². The molecule has 170 valence electrons. The molecule has 0 saturated heterocycles. The highest BCUT2D eigenvalue weighted by molar-refractivity contribution is 7.86. The molecule has 0 unspecified atom stereocenters. The zero-order valence-electron chi connectivity index (χ0n) is 19.2. The maximum atomic E-state index is 12.9. The lowest BCUT2D eigenvalue weighted by Gasteiger charge is -2.21. The highest BCUT2D eigenvalue weighted by Gasteiger charge is 2.34. The van der Waals surface area contributed by atoms with Gasteiger partial charge in [-0.25, -0.2) is 4.79 Å². The van der Waals surface area contributed by atoms with E-state index in [4.69, 9.17) is 13.3 Å². The molecular formula is C24H32O6S. The minimum Gasteiger partial charge on any atom is -0.464 e. The first-order chi connectivity index (χ1) is 14.2. The molecule has 1 aliphatic rings. The summed E-state index contributed by atoms with van der Waals surface area (Å²) < 4.78 is 40.8. The fraction of sp³-hybridized carbons (Fsp3) is 0.542. The van der Waals surface area contributed by atoms with Gasteiger partial charge in [0, 0.05) is 12.8 Å². The van der Waals surface area contributed by atoms with Gasteiger partial charge in [0.15, 0.2) is 6.10 Å². The number of esters is 1. The summed E-state index contributed by atoms with van der Waals surface area (Å²) in [6.45, 7) is 17.1. The Morgan fingerprint density at radius 1 is 1.23 bits per heavy atom. The number of rotatable bonds is 5. The number of fused-ring (bicyclic) bond motifs is 2. The summed E-state index contributed by atoms with van der Waals surface area (Å²) in [4.78, 5) is 12.9. The van der Waals surface area contributed by atoms with Crippen LogP contribution in [0.15, 0.2) is 34.8 Å². The van der Waals surface area contributed by atoms with Gasteiger partial charge in [0.1, 0.15) is 22.7 Å². The molecule has 3 atom stereocenters. The fourth-order valence-electron chi connectivity index (χ4n) is 3.43. The summed E-state index contributed by atoms with van der Waals surface area (Å²) in [5.74, 6) is 5.69. The van der Waals surface area contributed by atoms with Crippen molar-refractivity contribution >= 4 is 16.1 Å². The van der Waals surface area contributed by atoms with E-state index in [1.807, 2.05) is 6.92 Å². The topological polar surface area (TPSA) is 82.8 Å². The van der Waals surface area contributed by atoms with Crippen molar-refractivity contribution in [2.45, 2.75) is 71.5 Å². The Balaban J connectivity index is 2.66. The molecule has 6 nitrogen and oxygen atoms in total. The molecule has 0 fully saturated rings. The Labute approximate surface area is 185 Å². The van der Waals surface area contributed by atoms with Gasteiger partial charge in [-0.15, -0.1) is 5.92 Å². The third-order valence-electron chi connectivity index (χ3n) is 4.86. The minimum absolute atomic E-state index is 0.0464. The molecule has 2 bridgehead atoms. The SMILES string of the molecule is C=C(C)[C@@H]1CCC#C[C@@H](OS(C)(=O)=O)[C@H](C(=C)C)c2cc(C(=O)OC(C)(C)C)c(o2)C1. The zero-order chi connectivity index (χ0) is 23.6. The normalized spacial score (nSPS) is 21.9. The van der Waals surface area contributed by atoms with Gasteiger partial charge in [0.25, 0.3) is 10.1 Å². The van der Waals surface area contributed by atoms with Gasteiger partial charge in [0.2, 0.25) is 0 Å². The Hall–Kier alpha value is -2.30. The molecular weight excluding hydrogens is 416 g/mol. The smallest absolute Gasteiger partial charge is 0.342 e. The molecule has 7 heteroatoms. The van der Waals surface area contributed by atoms with Crippen molar-refractivity contribution in [3.8, 4) is 11.8 Å². The predicted octanol–water partition coefficient (Wildman–Crippen LogP) is 4.77. The van der Waals surface area contributed by atoms with E-state index in [1.54, 1.807) is 33.8 Å². The molecule has 1 aromatic rings. The molecule has 0 N–H and O–H groups in total. The lowest BCUT2D eigenvalue weighted by Crippen LogP contribution is -2.25. The van der Waals surface area contributed by atoms with Crippen LogP contribution in [-0.2, 0) is 25.5 Å². The van der Waals surface area contributed by atoms with Crippen molar-refractivity contribution in [3.05, 3.63) is 47.5 Å². The average molecular weight is 449 g/mol.